The van der Waals surface area contributed by atoms with E-state index in [-0.39, 0.29) is 11.8 Å². The molecule has 6 heteroatoms. The molecule has 0 unspecified atom stereocenters. The Bertz CT molecular complexity index is 660. The van der Waals surface area contributed by atoms with Gasteiger partial charge in [-0.2, -0.15) is 0 Å². The molecule has 1 aromatic heterocycles. The lowest BCUT2D eigenvalue weighted by Gasteiger charge is -2.40. The van der Waals surface area contributed by atoms with Crippen molar-refractivity contribution in [2.24, 2.45) is 0 Å². The number of nitrogens with zero attached hydrogens (tertiary/aromatic N) is 2. The van der Waals surface area contributed by atoms with E-state index < -0.39 is 5.54 Å². The summed E-state index contributed by atoms with van der Waals surface area (Å²) in [4.78, 5) is 30.5. The molecule has 2 amide bonds. The summed E-state index contributed by atoms with van der Waals surface area (Å²) < 4.78 is 0.982. The molecule has 1 saturated heterocycles. The molecule has 0 saturated carbocycles. The van der Waals surface area contributed by atoms with Gasteiger partial charge in [0.1, 0.15) is 5.54 Å². The van der Waals surface area contributed by atoms with Crippen LogP contribution in [0.25, 0.3) is 10.2 Å². The van der Waals surface area contributed by atoms with E-state index in [9.17, 15) is 9.59 Å². The summed E-state index contributed by atoms with van der Waals surface area (Å²) >= 11 is 1.37. The molecule has 3 rings (SSSR count). The minimum Gasteiger partial charge on any atom is -0.352 e. The van der Waals surface area contributed by atoms with Crippen molar-refractivity contribution in [2.75, 3.05) is 13.1 Å². The van der Waals surface area contributed by atoms with Crippen LogP contribution in [0.5, 0.6) is 0 Å². The fourth-order valence-electron chi connectivity index (χ4n) is 2.33. The molecule has 20 heavy (non-hydrogen) atoms. The second kappa shape index (κ2) is 4.56. The Labute approximate surface area is 120 Å². The number of benzene rings is 1. The maximum absolute atomic E-state index is 12.6. The highest BCUT2D eigenvalue weighted by molar-refractivity contribution is 7.20. The molecule has 0 spiro atoms. The largest absolute Gasteiger partial charge is 0.352 e. The van der Waals surface area contributed by atoms with Gasteiger partial charge in [-0.05, 0) is 26.0 Å². The van der Waals surface area contributed by atoms with Gasteiger partial charge in [-0.15, -0.1) is 11.3 Å². The summed E-state index contributed by atoms with van der Waals surface area (Å²) in [5, 5.41) is 3.22. The first kappa shape index (κ1) is 13.1. The summed E-state index contributed by atoms with van der Waals surface area (Å²) in [6.45, 7) is 4.51. The molecule has 2 aromatic rings. The number of rotatable bonds is 1. The third-order valence-electron chi connectivity index (χ3n) is 3.57. The maximum atomic E-state index is 12.6. The zero-order valence-corrected chi connectivity index (χ0v) is 12.2. The Kier molecular flexibility index (Phi) is 2.97. The SMILES string of the molecule is CC1(C)C(=O)NCCN1C(=O)c1nc2ccccc2s1. The van der Waals surface area contributed by atoms with E-state index in [0.717, 1.165) is 10.2 Å². The monoisotopic (exact) mass is 289 g/mol. The molecule has 1 N–H and O–H groups in total. The molecule has 104 valence electrons. The van der Waals surface area contributed by atoms with Crippen molar-refractivity contribution in [3.8, 4) is 0 Å². The van der Waals surface area contributed by atoms with Crippen LogP contribution in [0, 0.1) is 0 Å². The number of carbonyl (C=O) groups is 2. The van der Waals surface area contributed by atoms with Gasteiger partial charge in [-0.25, -0.2) is 4.98 Å². The number of thiazole rings is 1. The second-order valence-electron chi connectivity index (χ2n) is 5.26. The molecule has 0 atom stereocenters. The Balaban J connectivity index is 1.97. The molecule has 1 aliphatic rings. The Hall–Kier alpha value is -1.95. The minimum absolute atomic E-state index is 0.127. The molecular formula is C14H15N3O2S. The number of hydrogen-bond donors (Lipinski definition) is 1. The number of amides is 2. The third kappa shape index (κ3) is 1.96. The summed E-state index contributed by atoms with van der Waals surface area (Å²) in [6.07, 6.45) is 0. The predicted molar refractivity (Wildman–Crippen MR) is 77.7 cm³/mol. The van der Waals surface area contributed by atoms with E-state index in [4.69, 9.17) is 0 Å². The first-order valence-corrected chi connectivity index (χ1v) is 7.27. The van der Waals surface area contributed by atoms with Gasteiger partial charge in [0.2, 0.25) is 5.91 Å². The van der Waals surface area contributed by atoms with Crippen molar-refractivity contribution in [3.63, 3.8) is 0 Å². The highest BCUT2D eigenvalue weighted by atomic mass is 32.1. The lowest BCUT2D eigenvalue weighted by molar-refractivity contribution is -0.133. The van der Waals surface area contributed by atoms with Crippen LogP contribution in [0.1, 0.15) is 23.6 Å². The zero-order valence-electron chi connectivity index (χ0n) is 11.3. The van der Waals surface area contributed by atoms with Crippen LogP contribution in [0.4, 0.5) is 0 Å². The molecule has 1 aliphatic heterocycles. The van der Waals surface area contributed by atoms with Gasteiger partial charge in [-0.3, -0.25) is 9.59 Å². The van der Waals surface area contributed by atoms with Crippen LogP contribution in [-0.4, -0.2) is 40.3 Å². The van der Waals surface area contributed by atoms with Crippen LogP contribution in [0.3, 0.4) is 0 Å². The number of aromatic nitrogens is 1. The quantitative estimate of drug-likeness (QED) is 0.868. The van der Waals surface area contributed by atoms with Gasteiger partial charge in [-0.1, -0.05) is 12.1 Å². The van der Waals surface area contributed by atoms with Gasteiger partial charge in [0.25, 0.3) is 5.91 Å². The Morgan fingerprint density at radius 3 is 2.90 bits per heavy atom. The topological polar surface area (TPSA) is 62.3 Å². The van der Waals surface area contributed by atoms with Gasteiger partial charge >= 0.3 is 0 Å². The molecular weight excluding hydrogens is 274 g/mol. The summed E-state index contributed by atoms with van der Waals surface area (Å²) in [5.74, 6) is -0.302. The average molecular weight is 289 g/mol. The van der Waals surface area contributed by atoms with Crippen molar-refractivity contribution in [2.45, 2.75) is 19.4 Å². The van der Waals surface area contributed by atoms with Crippen LogP contribution in [-0.2, 0) is 4.79 Å². The van der Waals surface area contributed by atoms with Crippen molar-refractivity contribution >= 4 is 33.4 Å². The van der Waals surface area contributed by atoms with Crippen LogP contribution < -0.4 is 5.32 Å². The van der Waals surface area contributed by atoms with Crippen molar-refractivity contribution < 1.29 is 9.59 Å². The predicted octanol–water partition coefficient (Wildman–Crippen LogP) is 1.65. The molecule has 0 aliphatic carbocycles. The van der Waals surface area contributed by atoms with Crippen LogP contribution in [0.15, 0.2) is 24.3 Å². The number of piperazine rings is 1. The summed E-state index contributed by atoms with van der Waals surface area (Å²) in [5.41, 5.74) is -0.0205. The molecule has 2 heterocycles. The highest BCUT2D eigenvalue weighted by Gasteiger charge is 2.41. The number of hydrogen-bond acceptors (Lipinski definition) is 4. The van der Waals surface area contributed by atoms with Crippen molar-refractivity contribution in [3.05, 3.63) is 29.3 Å². The van der Waals surface area contributed by atoms with Gasteiger partial charge in [0.05, 0.1) is 10.2 Å². The number of para-hydroxylation sites is 1. The summed E-state index contributed by atoms with van der Waals surface area (Å²) in [7, 11) is 0. The molecule has 1 aromatic carbocycles. The highest BCUT2D eigenvalue weighted by Crippen LogP contribution is 2.26. The van der Waals surface area contributed by atoms with E-state index >= 15 is 0 Å². The van der Waals surface area contributed by atoms with Crippen molar-refractivity contribution in [1.29, 1.82) is 0 Å². The van der Waals surface area contributed by atoms with E-state index in [1.54, 1.807) is 18.7 Å². The minimum atomic E-state index is -0.840. The number of carbonyl (C=O) groups excluding carboxylic acids is 2. The lowest BCUT2D eigenvalue weighted by atomic mass is 9.99. The first-order valence-electron chi connectivity index (χ1n) is 6.46. The first-order chi connectivity index (χ1) is 9.50. The van der Waals surface area contributed by atoms with Gasteiger partial charge < -0.3 is 10.2 Å². The number of nitrogens with one attached hydrogen (secondary N) is 1. The van der Waals surface area contributed by atoms with Gasteiger partial charge in [0, 0.05) is 13.1 Å². The standard InChI is InChI=1S/C14H15N3O2S/c1-14(2)13(19)15-7-8-17(14)12(18)11-16-9-5-3-4-6-10(9)20-11/h3-6H,7-8H2,1-2H3,(H,15,19). The zero-order chi connectivity index (χ0) is 14.3. The van der Waals surface area contributed by atoms with Crippen LogP contribution >= 0.6 is 11.3 Å². The molecule has 0 radical (unpaired) electrons. The van der Waals surface area contributed by atoms with E-state index in [2.05, 4.69) is 10.3 Å². The lowest BCUT2D eigenvalue weighted by Crippen LogP contribution is -2.63. The smallest absolute Gasteiger partial charge is 0.283 e. The fourth-order valence-corrected chi connectivity index (χ4v) is 3.25. The van der Waals surface area contributed by atoms with Crippen LogP contribution in [0.2, 0.25) is 0 Å². The van der Waals surface area contributed by atoms with Gasteiger partial charge in [0.15, 0.2) is 5.01 Å². The molecule has 0 bridgehead atoms. The second-order valence-corrected chi connectivity index (χ2v) is 6.29. The van der Waals surface area contributed by atoms with E-state index in [1.807, 2.05) is 24.3 Å². The maximum Gasteiger partial charge on any atom is 0.283 e. The molecule has 5 nitrogen and oxygen atoms in total. The Morgan fingerprint density at radius 2 is 2.15 bits per heavy atom. The summed E-state index contributed by atoms with van der Waals surface area (Å²) in [6, 6.07) is 7.65. The van der Waals surface area contributed by atoms with E-state index in [0.29, 0.717) is 18.1 Å². The number of fused-ring (bicyclic) bond motifs is 1. The third-order valence-corrected chi connectivity index (χ3v) is 4.60. The average Bonchev–Trinajstić information content (AvgIpc) is 2.85. The van der Waals surface area contributed by atoms with Crippen molar-refractivity contribution in [1.82, 2.24) is 15.2 Å². The fraction of sp³-hybridized carbons (Fsp3) is 0.357. The molecule has 1 fully saturated rings. The van der Waals surface area contributed by atoms with E-state index in [1.165, 1.54) is 11.3 Å². The normalized spacial score (nSPS) is 18.1. The Morgan fingerprint density at radius 1 is 1.40 bits per heavy atom.